The third-order valence-corrected chi connectivity index (χ3v) is 9.13. The first kappa shape index (κ1) is 79.4. The Labute approximate surface area is 456 Å². The van der Waals surface area contributed by atoms with Gasteiger partial charge in [0.15, 0.2) is 0 Å². The van der Waals surface area contributed by atoms with E-state index in [1.165, 1.54) is 12.2 Å². The summed E-state index contributed by atoms with van der Waals surface area (Å²) < 4.78 is 333. The second kappa shape index (κ2) is 37.2. The lowest BCUT2D eigenvalue weighted by Gasteiger charge is -2.29. The maximum Gasteiger partial charge on any atom is 0.366 e. The van der Waals surface area contributed by atoms with Crippen LogP contribution in [0, 0.1) is 0 Å². The van der Waals surface area contributed by atoms with Crippen molar-refractivity contribution in [3.05, 3.63) is 25.3 Å². The zero-order valence-corrected chi connectivity index (χ0v) is 43.5. The van der Waals surface area contributed by atoms with E-state index in [2.05, 4.69) is 41.6 Å². The van der Waals surface area contributed by atoms with E-state index in [1.54, 1.807) is 0 Å². The van der Waals surface area contributed by atoms with Gasteiger partial charge in [0.05, 0.1) is 92.5 Å². The first-order chi connectivity index (χ1) is 37.5. The van der Waals surface area contributed by atoms with Crippen molar-refractivity contribution < 1.29 is 170 Å². The number of rotatable bonds is 54. The molecule has 0 spiro atoms. The average Bonchev–Trinajstić information content (AvgIpc) is 3.26. The van der Waals surface area contributed by atoms with E-state index in [9.17, 15) is 113 Å². The van der Waals surface area contributed by atoms with Crippen molar-refractivity contribution in [3.63, 3.8) is 0 Å². The summed E-state index contributed by atoms with van der Waals surface area (Å²) in [6.45, 7) is -13.3. The Bertz CT molecular complexity index is 1600. The minimum Gasteiger partial charge on any atom is -0.388 e. The molecule has 0 heterocycles. The highest BCUT2D eigenvalue weighted by molar-refractivity contribution is 4.80. The highest BCUT2D eigenvalue weighted by atomic mass is 19.3. The van der Waals surface area contributed by atoms with Gasteiger partial charge in [-0.15, -0.1) is 13.2 Å². The van der Waals surface area contributed by atoms with Crippen molar-refractivity contribution in [2.24, 2.45) is 0 Å². The Balaban J connectivity index is 4.59. The SMILES string of the molecule is C=CCOCC(O)COCC(O)COCC(F)(F)CC(F)(F)OC(F)(F)CC(F)(F)COCC(F)(F)CCOCC(O)COCCC(F)(F)COCC(F)(F)CC(F)(F)OC(F)(F)CC(F)(F)COCC(O)COCC(O)COCC=C. The number of aliphatic hydroxyl groups is 5. The maximum atomic E-state index is 14.2. The highest BCUT2D eigenvalue weighted by Gasteiger charge is 2.56. The zero-order chi connectivity index (χ0) is 63.2. The van der Waals surface area contributed by atoms with Crippen LogP contribution in [0.1, 0.15) is 38.5 Å². The molecule has 0 saturated heterocycles. The lowest BCUT2D eigenvalue weighted by Crippen LogP contribution is -2.43. The van der Waals surface area contributed by atoms with Crippen molar-refractivity contribution >= 4 is 0 Å². The molecule has 0 saturated carbocycles. The van der Waals surface area contributed by atoms with Gasteiger partial charge in [-0.05, 0) is 0 Å². The van der Waals surface area contributed by atoms with E-state index in [4.69, 9.17) is 28.4 Å². The summed E-state index contributed by atoms with van der Waals surface area (Å²) in [5.41, 5.74) is 0. The van der Waals surface area contributed by atoms with Gasteiger partial charge in [-0.1, -0.05) is 12.2 Å². The minimum atomic E-state index is -5.56. The number of halogens is 20. The van der Waals surface area contributed by atoms with Crippen LogP contribution in [0.3, 0.4) is 0 Å². The van der Waals surface area contributed by atoms with E-state index in [1.807, 2.05) is 0 Å². The molecule has 0 aliphatic rings. The second-order valence-corrected chi connectivity index (χ2v) is 18.3. The summed E-state index contributed by atoms with van der Waals surface area (Å²) in [4.78, 5) is 0. The van der Waals surface area contributed by atoms with Crippen molar-refractivity contribution in [1.29, 1.82) is 0 Å². The summed E-state index contributed by atoms with van der Waals surface area (Å²) in [6, 6.07) is 0. The molecule has 0 aromatic carbocycles. The lowest BCUT2D eigenvalue weighted by molar-refractivity contribution is -0.400. The van der Waals surface area contributed by atoms with Gasteiger partial charge in [-0.2, -0.15) is 35.1 Å². The van der Waals surface area contributed by atoms with E-state index in [-0.39, 0.29) is 39.6 Å². The number of alkyl halides is 20. The van der Waals surface area contributed by atoms with Gasteiger partial charge >= 0.3 is 24.4 Å². The Morgan fingerprint density at radius 1 is 0.280 bits per heavy atom. The maximum absolute atomic E-state index is 14.2. The molecule has 0 aliphatic heterocycles. The Hall–Kier alpha value is -2.60. The van der Waals surface area contributed by atoms with Crippen LogP contribution in [-0.4, -0.2) is 248 Å². The van der Waals surface area contributed by atoms with Crippen LogP contribution in [0.5, 0.6) is 0 Å². The van der Waals surface area contributed by atoms with Gasteiger partial charge in [-0.25, -0.2) is 52.7 Å². The Kier molecular flexibility index (Phi) is 36.0. The normalized spacial score (nSPS) is 15.9. The molecule has 4 unspecified atom stereocenters. The second-order valence-electron chi connectivity index (χ2n) is 18.3. The number of ether oxygens (including phenoxy) is 12. The molecule has 0 rings (SSSR count). The topological polar surface area (TPSA) is 212 Å². The average molecular weight is 1260 g/mol. The van der Waals surface area contributed by atoms with Crippen LogP contribution in [0.15, 0.2) is 25.3 Å². The number of hydrogen-bond donors (Lipinski definition) is 5. The third-order valence-electron chi connectivity index (χ3n) is 9.13. The van der Waals surface area contributed by atoms with E-state index in [0.717, 1.165) is 0 Å². The molecule has 0 fully saturated rings. The van der Waals surface area contributed by atoms with E-state index in [0.29, 0.717) is 0 Å². The largest absolute Gasteiger partial charge is 0.388 e. The standard InChI is InChI=1S/C45H68F20O17/c1-3-7-71-11-32(67)15-75-17-34(69)19-77-27-38(50,51)21-42(58,59)81-44(62,63)23-40(54,55)29-79-25-36(46,47)5-9-73-13-31(66)14-74-10-6-37(48,49)26-80-30-41(56,57)24-45(64,65)82-43(60,61)22-39(52,53)28-78-20-35(70)18-76-16-33(68)12-72-8-4-2/h3-4,31-35,66-70H,1-2,5-30H2. The molecule has 82 heavy (non-hydrogen) atoms. The molecular formula is C45H68F20O17. The van der Waals surface area contributed by atoms with Crippen LogP contribution in [-0.2, 0) is 56.8 Å². The molecular weight excluding hydrogens is 1190 g/mol. The first-order valence-electron chi connectivity index (χ1n) is 24.0. The number of aliphatic hydroxyl groups excluding tert-OH is 5. The van der Waals surface area contributed by atoms with Gasteiger partial charge in [0.2, 0.25) is 0 Å². The fraction of sp³-hybridized carbons (Fsp3) is 0.911. The monoisotopic (exact) mass is 1260 g/mol. The molecule has 0 bridgehead atoms. The number of hydrogen-bond acceptors (Lipinski definition) is 17. The van der Waals surface area contributed by atoms with Crippen LogP contribution >= 0.6 is 0 Å². The third kappa shape index (κ3) is 43.9. The molecule has 0 aromatic rings. The molecule has 0 amide bonds. The van der Waals surface area contributed by atoms with Crippen molar-refractivity contribution in [2.45, 2.75) is 129 Å². The molecule has 0 radical (unpaired) electrons. The molecule has 490 valence electrons. The van der Waals surface area contributed by atoms with E-state index >= 15 is 0 Å². The minimum absolute atomic E-state index is 0.0965. The van der Waals surface area contributed by atoms with E-state index < -0.39 is 222 Å². The van der Waals surface area contributed by atoms with Crippen LogP contribution in [0.4, 0.5) is 87.8 Å². The highest BCUT2D eigenvalue weighted by Crippen LogP contribution is 2.42. The van der Waals surface area contributed by atoms with Crippen LogP contribution in [0.25, 0.3) is 0 Å². The molecule has 4 atom stereocenters. The summed E-state index contributed by atoms with van der Waals surface area (Å²) in [6.07, 6.45) is -41.0. The predicted octanol–water partition coefficient (Wildman–Crippen LogP) is 6.89. The summed E-state index contributed by atoms with van der Waals surface area (Å²) >= 11 is 0. The fourth-order valence-corrected chi connectivity index (χ4v) is 5.90. The molecule has 0 aliphatic carbocycles. The summed E-state index contributed by atoms with van der Waals surface area (Å²) in [5.74, 6) is -27.2. The quantitative estimate of drug-likeness (QED) is 0.0239. The fourth-order valence-electron chi connectivity index (χ4n) is 5.90. The van der Waals surface area contributed by atoms with Gasteiger partial charge in [0.25, 0.3) is 35.5 Å². The predicted molar refractivity (Wildman–Crippen MR) is 238 cm³/mol. The van der Waals surface area contributed by atoms with Crippen molar-refractivity contribution in [1.82, 2.24) is 0 Å². The zero-order valence-electron chi connectivity index (χ0n) is 43.5. The summed E-state index contributed by atoms with van der Waals surface area (Å²) in [7, 11) is 0. The van der Waals surface area contributed by atoms with Crippen LogP contribution < -0.4 is 0 Å². The van der Waals surface area contributed by atoms with Gasteiger partial charge in [0.1, 0.15) is 95.8 Å². The van der Waals surface area contributed by atoms with Gasteiger partial charge in [0, 0.05) is 12.8 Å². The Morgan fingerprint density at radius 3 is 0.744 bits per heavy atom. The first-order valence-corrected chi connectivity index (χ1v) is 24.0. The molecule has 0 aromatic heterocycles. The Morgan fingerprint density at radius 2 is 0.488 bits per heavy atom. The van der Waals surface area contributed by atoms with Crippen molar-refractivity contribution in [2.75, 3.05) is 132 Å². The van der Waals surface area contributed by atoms with Crippen LogP contribution in [0.2, 0.25) is 0 Å². The van der Waals surface area contributed by atoms with Gasteiger partial charge < -0.3 is 72.9 Å². The molecule has 17 nitrogen and oxygen atoms in total. The smallest absolute Gasteiger partial charge is 0.366 e. The molecule has 37 heteroatoms. The summed E-state index contributed by atoms with van der Waals surface area (Å²) in [5, 5.41) is 48.4. The lowest BCUT2D eigenvalue weighted by atomic mass is 10.2. The van der Waals surface area contributed by atoms with Gasteiger partial charge in [-0.3, -0.25) is 9.47 Å². The molecule has 5 N–H and O–H groups in total. The van der Waals surface area contributed by atoms with Crippen molar-refractivity contribution in [3.8, 4) is 0 Å².